The summed E-state index contributed by atoms with van der Waals surface area (Å²) in [5, 5.41) is 10.5. The number of nitrogens with one attached hydrogen (secondary N) is 1. The van der Waals surface area contributed by atoms with Crippen LogP contribution in [-0.2, 0) is 4.79 Å². The summed E-state index contributed by atoms with van der Waals surface area (Å²) in [5.41, 5.74) is 1.15. The molecule has 1 aliphatic rings. The number of amides is 2. The second kappa shape index (κ2) is 8.27. The van der Waals surface area contributed by atoms with E-state index >= 15 is 0 Å². The van der Waals surface area contributed by atoms with Crippen LogP contribution in [0, 0.1) is 11.8 Å². The van der Waals surface area contributed by atoms with E-state index in [4.69, 9.17) is 16.9 Å². The molecule has 0 aliphatic carbocycles. The van der Waals surface area contributed by atoms with E-state index in [1.807, 2.05) is 0 Å². The van der Waals surface area contributed by atoms with Gasteiger partial charge in [0.15, 0.2) is 0 Å². The summed E-state index contributed by atoms with van der Waals surface area (Å²) in [7, 11) is 0. The van der Waals surface area contributed by atoms with Crippen LogP contribution < -0.4 is 5.32 Å². The molecule has 1 saturated heterocycles. The van der Waals surface area contributed by atoms with Crippen LogP contribution in [0.5, 0.6) is 0 Å². The Morgan fingerprint density at radius 1 is 1.25 bits per heavy atom. The van der Waals surface area contributed by atoms with E-state index in [9.17, 15) is 9.59 Å². The number of rotatable bonds is 3. The first-order valence-corrected chi connectivity index (χ1v) is 7.89. The summed E-state index contributed by atoms with van der Waals surface area (Å²) < 4.78 is 0. The van der Waals surface area contributed by atoms with Gasteiger partial charge in [-0.3, -0.25) is 14.6 Å². The standard InChI is InChI=1S/C16H16ClN3O2.CHN/c17-11-3-4-12-13(5-6-18-14(12)9-11)16(22)19-10-15(21)20-7-1-2-8-20;1-2/h3-6,9H,1-2,7-8,10H2,(H,19,22);1H. The first-order valence-electron chi connectivity index (χ1n) is 7.51. The number of nitrogens with zero attached hydrogens (tertiary/aromatic N) is 3. The number of benzene rings is 1. The van der Waals surface area contributed by atoms with Crippen LogP contribution in [0.2, 0.25) is 5.02 Å². The number of aromatic nitrogens is 1. The second-order valence-corrected chi connectivity index (χ2v) is 5.73. The summed E-state index contributed by atoms with van der Waals surface area (Å²) in [6.07, 6.45) is 3.64. The Bertz CT molecular complexity index is 770. The van der Waals surface area contributed by atoms with Crippen molar-refractivity contribution in [2.45, 2.75) is 12.8 Å². The van der Waals surface area contributed by atoms with Gasteiger partial charge < -0.3 is 10.2 Å². The molecule has 2 heterocycles. The maximum absolute atomic E-state index is 12.3. The number of hydrogen-bond donors (Lipinski definition) is 1. The number of fused-ring (bicyclic) bond motifs is 1. The maximum Gasteiger partial charge on any atom is 0.252 e. The number of hydrogen-bond acceptors (Lipinski definition) is 4. The van der Waals surface area contributed by atoms with Gasteiger partial charge in [-0.15, -0.1) is 0 Å². The minimum Gasteiger partial charge on any atom is -0.343 e. The lowest BCUT2D eigenvalue weighted by molar-refractivity contribution is -0.129. The monoisotopic (exact) mass is 344 g/mol. The molecule has 6 nitrogen and oxygen atoms in total. The van der Waals surface area contributed by atoms with Gasteiger partial charge in [-0.05, 0) is 31.0 Å². The number of likely N-dealkylation sites (tertiary alicyclic amines) is 1. The first kappa shape index (κ1) is 17.7. The molecule has 0 saturated carbocycles. The molecule has 0 radical (unpaired) electrons. The van der Waals surface area contributed by atoms with Gasteiger partial charge in [-0.1, -0.05) is 17.7 Å². The van der Waals surface area contributed by atoms with Crippen LogP contribution >= 0.6 is 11.6 Å². The SMILES string of the molecule is C#N.O=C(NCC(=O)N1CCCC1)c1ccnc2cc(Cl)ccc12. The van der Waals surface area contributed by atoms with Gasteiger partial charge in [-0.2, -0.15) is 0 Å². The molecule has 1 N–H and O–H groups in total. The normalized spacial score (nSPS) is 13.2. The molecule has 1 aliphatic heterocycles. The van der Waals surface area contributed by atoms with Crippen molar-refractivity contribution >= 4 is 34.3 Å². The highest BCUT2D eigenvalue weighted by Gasteiger charge is 2.19. The van der Waals surface area contributed by atoms with Gasteiger partial charge in [0, 0.05) is 36.3 Å². The van der Waals surface area contributed by atoms with Crippen molar-refractivity contribution in [3.05, 3.63) is 41.0 Å². The molecular formula is C17H17ClN4O2. The van der Waals surface area contributed by atoms with E-state index in [0.717, 1.165) is 31.3 Å². The number of pyridine rings is 1. The zero-order chi connectivity index (χ0) is 17.5. The summed E-state index contributed by atoms with van der Waals surface area (Å²) in [4.78, 5) is 30.3. The highest BCUT2D eigenvalue weighted by Crippen LogP contribution is 2.20. The third kappa shape index (κ3) is 4.00. The fourth-order valence-corrected chi connectivity index (χ4v) is 2.82. The van der Waals surface area contributed by atoms with Crippen LogP contribution in [0.3, 0.4) is 0 Å². The van der Waals surface area contributed by atoms with Gasteiger partial charge in [0.1, 0.15) is 0 Å². The first-order chi connectivity index (χ1) is 11.6. The lowest BCUT2D eigenvalue weighted by atomic mass is 10.1. The van der Waals surface area contributed by atoms with E-state index < -0.39 is 0 Å². The van der Waals surface area contributed by atoms with Gasteiger partial charge >= 0.3 is 0 Å². The van der Waals surface area contributed by atoms with Crippen LogP contribution in [0.4, 0.5) is 0 Å². The molecule has 1 aromatic carbocycles. The average Bonchev–Trinajstić information content (AvgIpc) is 3.15. The van der Waals surface area contributed by atoms with Crippen molar-refractivity contribution in [3.63, 3.8) is 0 Å². The molecule has 0 atom stereocenters. The zero-order valence-electron chi connectivity index (χ0n) is 13.0. The summed E-state index contributed by atoms with van der Waals surface area (Å²) in [6.45, 7) is 5.09. The summed E-state index contributed by atoms with van der Waals surface area (Å²) >= 11 is 5.94. The Balaban J connectivity index is 0.00000100. The predicted molar refractivity (Wildman–Crippen MR) is 91.6 cm³/mol. The smallest absolute Gasteiger partial charge is 0.252 e. The van der Waals surface area contributed by atoms with Gasteiger partial charge in [-0.25, -0.2) is 5.26 Å². The molecule has 2 amide bonds. The fraction of sp³-hybridized carbons (Fsp3) is 0.294. The highest BCUT2D eigenvalue weighted by molar-refractivity contribution is 6.31. The van der Waals surface area contributed by atoms with E-state index in [-0.39, 0.29) is 18.4 Å². The lowest BCUT2D eigenvalue weighted by Gasteiger charge is -2.15. The molecule has 3 rings (SSSR count). The molecule has 124 valence electrons. The number of carbonyl (C=O) groups excluding carboxylic acids is 2. The molecule has 7 heteroatoms. The number of carbonyl (C=O) groups is 2. The van der Waals surface area contributed by atoms with Crippen molar-refractivity contribution in [1.82, 2.24) is 15.2 Å². The molecule has 2 aromatic rings. The van der Waals surface area contributed by atoms with E-state index in [1.165, 1.54) is 0 Å². The Labute approximate surface area is 145 Å². The van der Waals surface area contributed by atoms with Crippen molar-refractivity contribution < 1.29 is 9.59 Å². The topological polar surface area (TPSA) is 86.1 Å². The fourth-order valence-electron chi connectivity index (χ4n) is 2.65. The van der Waals surface area contributed by atoms with E-state index in [1.54, 1.807) is 35.4 Å². The average molecular weight is 345 g/mol. The van der Waals surface area contributed by atoms with Crippen molar-refractivity contribution in [2.24, 2.45) is 0 Å². The zero-order valence-corrected chi connectivity index (χ0v) is 13.8. The third-order valence-electron chi connectivity index (χ3n) is 3.81. The summed E-state index contributed by atoms with van der Waals surface area (Å²) in [5.74, 6) is -0.311. The van der Waals surface area contributed by atoms with Gasteiger partial charge in [0.2, 0.25) is 5.91 Å². The minimum absolute atomic E-state index is 0.0240. The van der Waals surface area contributed by atoms with E-state index in [0.29, 0.717) is 16.1 Å². The Morgan fingerprint density at radius 2 is 1.96 bits per heavy atom. The Kier molecular flexibility index (Phi) is 6.10. The molecule has 1 aromatic heterocycles. The van der Waals surface area contributed by atoms with Gasteiger partial charge in [0.25, 0.3) is 5.91 Å². The molecule has 0 unspecified atom stereocenters. The Morgan fingerprint density at radius 3 is 2.67 bits per heavy atom. The lowest BCUT2D eigenvalue weighted by Crippen LogP contribution is -2.38. The second-order valence-electron chi connectivity index (χ2n) is 5.29. The van der Waals surface area contributed by atoms with Crippen molar-refractivity contribution in [1.29, 1.82) is 5.26 Å². The molecule has 0 spiro atoms. The highest BCUT2D eigenvalue weighted by atomic mass is 35.5. The maximum atomic E-state index is 12.3. The number of halogens is 1. The third-order valence-corrected chi connectivity index (χ3v) is 4.04. The van der Waals surface area contributed by atoms with Crippen LogP contribution in [0.25, 0.3) is 10.9 Å². The molecule has 0 bridgehead atoms. The minimum atomic E-state index is -0.276. The van der Waals surface area contributed by atoms with Crippen molar-refractivity contribution in [2.75, 3.05) is 19.6 Å². The summed E-state index contributed by atoms with van der Waals surface area (Å²) in [6, 6.07) is 6.84. The number of nitriles is 1. The quantitative estimate of drug-likeness (QED) is 0.926. The van der Waals surface area contributed by atoms with Crippen LogP contribution in [0.1, 0.15) is 23.2 Å². The van der Waals surface area contributed by atoms with Crippen LogP contribution in [0.15, 0.2) is 30.5 Å². The molecule has 24 heavy (non-hydrogen) atoms. The predicted octanol–water partition coefficient (Wildman–Crippen LogP) is 2.38. The van der Waals surface area contributed by atoms with Gasteiger partial charge in [0.05, 0.1) is 17.6 Å². The van der Waals surface area contributed by atoms with E-state index in [2.05, 4.69) is 16.9 Å². The Hall–Kier alpha value is -2.65. The van der Waals surface area contributed by atoms with Crippen molar-refractivity contribution in [3.8, 4) is 6.57 Å². The molecule has 1 fully saturated rings. The molecular weight excluding hydrogens is 328 g/mol. The largest absolute Gasteiger partial charge is 0.343 e. The van der Waals surface area contributed by atoms with Crippen LogP contribution in [-0.4, -0.2) is 41.3 Å².